The van der Waals surface area contributed by atoms with Crippen LogP contribution in [0.15, 0.2) is 156 Å². The second kappa shape index (κ2) is 9.14. The molecule has 0 saturated heterocycles. The molecule has 1 aromatic heterocycles. The molecule has 0 bridgehead atoms. The smallest absolute Gasteiger partial charge is 0.143 e. The van der Waals surface area contributed by atoms with Gasteiger partial charge in [0.15, 0.2) is 0 Å². The second-order valence-corrected chi connectivity index (χ2v) is 10.2. The zero-order chi connectivity index (χ0) is 26.5. The van der Waals surface area contributed by atoms with E-state index in [-0.39, 0.29) is 0 Å². The van der Waals surface area contributed by atoms with Gasteiger partial charge in [0, 0.05) is 22.1 Å². The lowest BCUT2D eigenvalue weighted by Gasteiger charge is -2.26. The maximum atomic E-state index is 6.66. The third-order valence-electron chi connectivity index (χ3n) is 7.81. The van der Waals surface area contributed by atoms with E-state index in [1.807, 2.05) is 0 Å². The van der Waals surface area contributed by atoms with Gasteiger partial charge >= 0.3 is 0 Å². The van der Waals surface area contributed by atoms with Crippen molar-refractivity contribution in [3.8, 4) is 11.1 Å². The molecule has 0 fully saturated rings. The first-order valence-electron chi connectivity index (χ1n) is 13.6. The van der Waals surface area contributed by atoms with Crippen LogP contribution < -0.4 is 4.90 Å². The van der Waals surface area contributed by atoms with E-state index in [1.165, 1.54) is 27.3 Å². The third-order valence-corrected chi connectivity index (χ3v) is 7.81. The third kappa shape index (κ3) is 3.58. The molecular weight excluding hydrogens is 486 g/mol. The molecule has 8 aromatic rings. The summed E-state index contributed by atoms with van der Waals surface area (Å²) in [5.74, 6) is 0. The summed E-state index contributed by atoms with van der Waals surface area (Å²) in [4.78, 5) is 2.35. The molecule has 0 aliphatic carbocycles. The second-order valence-electron chi connectivity index (χ2n) is 10.2. The van der Waals surface area contributed by atoms with E-state index in [9.17, 15) is 0 Å². The zero-order valence-electron chi connectivity index (χ0n) is 21.8. The Hall–Kier alpha value is -5.34. The van der Waals surface area contributed by atoms with Crippen LogP contribution in [0.3, 0.4) is 0 Å². The number of hydrogen-bond acceptors (Lipinski definition) is 2. The van der Waals surface area contributed by atoms with Crippen molar-refractivity contribution in [2.45, 2.75) is 0 Å². The standard InChI is InChI=1S/C38H25NO/c1-3-13-27(14-4-1)33-25-34-37-35(20-11-21-36(37)40-38(34)32-19-10-9-18-31(32)33)39(29-16-5-2-6-17-29)30-23-22-26-12-7-8-15-28(26)24-30/h1-25H. The van der Waals surface area contributed by atoms with E-state index < -0.39 is 0 Å². The van der Waals surface area contributed by atoms with Crippen LogP contribution in [0.5, 0.6) is 0 Å². The first-order valence-corrected chi connectivity index (χ1v) is 13.6. The highest BCUT2D eigenvalue weighted by molar-refractivity contribution is 6.22. The van der Waals surface area contributed by atoms with Crippen LogP contribution in [0.2, 0.25) is 0 Å². The number of nitrogens with zero attached hydrogens (tertiary/aromatic N) is 1. The summed E-state index contributed by atoms with van der Waals surface area (Å²) in [5, 5.41) is 6.98. The lowest BCUT2D eigenvalue weighted by atomic mass is 9.95. The summed E-state index contributed by atoms with van der Waals surface area (Å²) in [5.41, 5.74) is 7.50. The van der Waals surface area contributed by atoms with Crippen molar-refractivity contribution < 1.29 is 4.42 Å². The maximum absolute atomic E-state index is 6.66. The van der Waals surface area contributed by atoms with Crippen molar-refractivity contribution in [1.29, 1.82) is 0 Å². The number of furan rings is 1. The molecule has 2 heteroatoms. The first-order chi connectivity index (χ1) is 19.8. The predicted molar refractivity (Wildman–Crippen MR) is 169 cm³/mol. The molecule has 188 valence electrons. The van der Waals surface area contributed by atoms with Crippen LogP contribution in [0.25, 0.3) is 54.6 Å². The molecule has 7 aromatic carbocycles. The van der Waals surface area contributed by atoms with E-state index in [2.05, 4.69) is 157 Å². The molecule has 0 amide bonds. The van der Waals surface area contributed by atoms with E-state index in [0.717, 1.165) is 44.4 Å². The minimum absolute atomic E-state index is 0.879. The Morgan fingerprint density at radius 3 is 1.98 bits per heavy atom. The molecule has 40 heavy (non-hydrogen) atoms. The van der Waals surface area contributed by atoms with E-state index in [0.29, 0.717) is 0 Å². The predicted octanol–water partition coefficient (Wildman–Crippen LogP) is 11.0. The lowest BCUT2D eigenvalue weighted by Crippen LogP contribution is -2.10. The van der Waals surface area contributed by atoms with Crippen LogP contribution in [0, 0.1) is 0 Å². The summed E-state index contributed by atoms with van der Waals surface area (Å²) in [6.45, 7) is 0. The van der Waals surface area contributed by atoms with Gasteiger partial charge in [0.05, 0.1) is 11.1 Å². The number of benzene rings is 7. The number of rotatable bonds is 4. The van der Waals surface area contributed by atoms with Crippen molar-refractivity contribution in [2.75, 3.05) is 4.90 Å². The molecule has 8 rings (SSSR count). The number of anilines is 3. The van der Waals surface area contributed by atoms with E-state index in [4.69, 9.17) is 4.42 Å². The van der Waals surface area contributed by atoms with Crippen molar-refractivity contribution in [2.24, 2.45) is 0 Å². The Kier molecular flexibility index (Phi) is 5.17. The highest BCUT2D eigenvalue weighted by atomic mass is 16.3. The van der Waals surface area contributed by atoms with Crippen LogP contribution in [0.4, 0.5) is 17.1 Å². The van der Waals surface area contributed by atoms with Crippen molar-refractivity contribution in [3.05, 3.63) is 152 Å². The Balaban J connectivity index is 1.47. The van der Waals surface area contributed by atoms with Gasteiger partial charge in [0.1, 0.15) is 11.2 Å². The Labute approximate surface area is 232 Å². The molecule has 0 unspecified atom stereocenters. The fourth-order valence-electron chi connectivity index (χ4n) is 5.99. The van der Waals surface area contributed by atoms with Gasteiger partial charge < -0.3 is 9.32 Å². The Morgan fingerprint density at radius 2 is 1.15 bits per heavy atom. The van der Waals surface area contributed by atoms with Gasteiger partial charge in [-0.05, 0) is 69.8 Å². The largest absolute Gasteiger partial charge is 0.455 e. The molecule has 0 saturated carbocycles. The average Bonchev–Trinajstić information content (AvgIpc) is 3.41. The highest BCUT2D eigenvalue weighted by Crippen LogP contribution is 2.46. The monoisotopic (exact) mass is 511 g/mol. The Bertz CT molecular complexity index is 2160. The summed E-state index contributed by atoms with van der Waals surface area (Å²) in [6, 6.07) is 53.7. The van der Waals surface area contributed by atoms with Crippen LogP contribution in [0.1, 0.15) is 0 Å². The minimum atomic E-state index is 0.879. The molecule has 0 N–H and O–H groups in total. The molecule has 0 aliphatic rings. The van der Waals surface area contributed by atoms with Gasteiger partial charge in [-0.3, -0.25) is 0 Å². The average molecular weight is 512 g/mol. The van der Waals surface area contributed by atoms with Crippen molar-refractivity contribution in [3.63, 3.8) is 0 Å². The zero-order valence-corrected chi connectivity index (χ0v) is 21.8. The molecule has 0 atom stereocenters. The van der Waals surface area contributed by atoms with Gasteiger partial charge in [-0.1, -0.05) is 109 Å². The minimum Gasteiger partial charge on any atom is -0.455 e. The highest BCUT2D eigenvalue weighted by Gasteiger charge is 2.21. The molecule has 0 spiro atoms. The maximum Gasteiger partial charge on any atom is 0.143 e. The SMILES string of the molecule is c1ccc(-c2cc3c(oc4cccc(N(c5ccccc5)c5ccc6ccccc6c5)c43)c3ccccc23)cc1. The van der Waals surface area contributed by atoms with Gasteiger partial charge in [0.2, 0.25) is 0 Å². The molecule has 2 nitrogen and oxygen atoms in total. The molecular formula is C38H25NO. The molecule has 1 heterocycles. The van der Waals surface area contributed by atoms with E-state index >= 15 is 0 Å². The molecule has 0 aliphatic heterocycles. The number of fused-ring (bicyclic) bond motifs is 6. The fourth-order valence-corrected chi connectivity index (χ4v) is 5.99. The quantitative estimate of drug-likeness (QED) is 0.234. The van der Waals surface area contributed by atoms with Crippen LogP contribution in [-0.4, -0.2) is 0 Å². The van der Waals surface area contributed by atoms with Crippen LogP contribution in [-0.2, 0) is 0 Å². The van der Waals surface area contributed by atoms with E-state index in [1.54, 1.807) is 0 Å². The molecule has 0 radical (unpaired) electrons. The van der Waals surface area contributed by atoms with Gasteiger partial charge in [-0.25, -0.2) is 0 Å². The number of para-hydroxylation sites is 1. The van der Waals surface area contributed by atoms with Crippen molar-refractivity contribution >= 4 is 60.5 Å². The lowest BCUT2D eigenvalue weighted by molar-refractivity contribution is 0.672. The fraction of sp³-hybridized carbons (Fsp3) is 0. The normalized spacial score (nSPS) is 11.5. The summed E-state index contributed by atoms with van der Waals surface area (Å²) in [6.07, 6.45) is 0. The summed E-state index contributed by atoms with van der Waals surface area (Å²) >= 11 is 0. The van der Waals surface area contributed by atoms with Gasteiger partial charge in [0.25, 0.3) is 0 Å². The van der Waals surface area contributed by atoms with Gasteiger partial charge in [-0.2, -0.15) is 0 Å². The summed E-state index contributed by atoms with van der Waals surface area (Å²) in [7, 11) is 0. The number of hydrogen-bond donors (Lipinski definition) is 0. The van der Waals surface area contributed by atoms with Crippen molar-refractivity contribution in [1.82, 2.24) is 0 Å². The first kappa shape index (κ1) is 22.6. The topological polar surface area (TPSA) is 16.4 Å². The summed E-state index contributed by atoms with van der Waals surface area (Å²) < 4.78 is 6.66. The van der Waals surface area contributed by atoms with Gasteiger partial charge in [-0.15, -0.1) is 0 Å². The Morgan fingerprint density at radius 1 is 0.450 bits per heavy atom. The van der Waals surface area contributed by atoms with Crippen LogP contribution >= 0.6 is 0 Å².